The van der Waals surface area contributed by atoms with Gasteiger partial charge in [-0.2, -0.15) is 0 Å². The van der Waals surface area contributed by atoms with Crippen molar-refractivity contribution in [3.8, 4) is 5.75 Å². The first-order chi connectivity index (χ1) is 15.0. The average molecular weight is 415 g/mol. The summed E-state index contributed by atoms with van der Waals surface area (Å²) in [4.78, 5) is 27.5. The van der Waals surface area contributed by atoms with Crippen LogP contribution in [0.2, 0.25) is 0 Å². The Bertz CT molecular complexity index is 1140. The molecule has 0 radical (unpaired) electrons. The fourth-order valence-corrected chi connectivity index (χ4v) is 3.60. The molecule has 31 heavy (non-hydrogen) atoms. The van der Waals surface area contributed by atoms with Gasteiger partial charge in [0.1, 0.15) is 12.4 Å². The molecule has 1 atom stereocenters. The van der Waals surface area contributed by atoms with Crippen LogP contribution in [0.4, 0.5) is 11.4 Å². The number of carbonyl (C=O) groups is 2. The van der Waals surface area contributed by atoms with Crippen molar-refractivity contribution in [1.29, 1.82) is 0 Å². The van der Waals surface area contributed by atoms with E-state index in [4.69, 9.17) is 9.47 Å². The molecule has 0 aliphatic carbocycles. The van der Waals surface area contributed by atoms with Crippen LogP contribution >= 0.6 is 0 Å². The molecule has 0 bridgehead atoms. The Morgan fingerprint density at radius 3 is 2.32 bits per heavy atom. The van der Waals surface area contributed by atoms with Crippen molar-refractivity contribution in [2.45, 2.75) is 12.2 Å². The van der Waals surface area contributed by atoms with Crippen molar-refractivity contribution in [3.05, 3.63) is 102 Å². The summed E-state index contributed by atoms with van der Waals surface area (Å²) in [5.41, 5.74) is -0.510. The van der Waals surface area contributed by atoms with Crippen molar-refractivity contribution >= 4 is 23.3 Å². The maximum atomic E-state index is 13.4. The number of benzene rings is 3. The normalized spacial score (nSPS) is 17.2. The molecule has 4 rings (SSSR count). The van der Waals surface area contributed by atoms with Crippen molar-refractivity contribution < 1.29 is 24.2 Å². The highest BCUT2D eigenvalue weighted by Gasteiger charge is 2.54. The van der Waals surface area contributed by atoms with E-state index in [0.717, 1.165) is 5.56 Å². The molecule has 0 fully saturated rings. The van der Waals surface area contributed by atoms with E-state index in [-0.39, 0.29) is 17.7 Å². The van der Waals surface area contributed by atoms with Gasteiger partial charge in [0.05, 0.1) is 18.4 Å². The van der Waals surface area contributed by atoms with Crippen molar-refractivity contribution in [1.82, 2.24) is 0 Å². The van der Waals surface area contributed by atoms with E-state index < -0.39 is 17.5 Å². The van der Waals surface area contributed by atoms with Crippen LogP contribution in [0.5, 0.6) is 5.75 Å². The second-order valence-corrected chi connectivity index (χ2v) is 7.11. The summed E-state index contributed by atoms with van der Waals surface area (Å²) in [6, 6.07) is 22.7. The Kier molecular flexibility index (Phi) is 5.31. The van der Waals surface area contributed by atoms with Gasteiger partial charge < -0.3 is 14.6 Å². The number of hydrogen-bond donors (Lipinski definition) is 1. The lowest BCUT2D eigenvalue weighted by Gasteiger charge is -2.24. The second kappa shape index (κ2) is 8.08. The summed E-state index contributed by atoms with van der Waals surface area (Å²) in [5, 5.41) is 11.5. The molecule has 1 aliphatic heterocycles. The number of para-hydroxylation sites is 1. The standard InChI is InChI=1S/C25H21NO5/c1-17(23(27)31-16-18-8-4-3-5-9-18)25(29)21-10-6-7-11-22(21)26(24(25)28)19-12-14-20(30-2)15-13-19/h3-15,29H,1,16H2,2H3/t25-/m0/s1. The third kappa shape index (κ3) is 3.47. The molecule has 6 nitrogen and oxygen atoms in total. The topological polar surface area (TPSA) is 76.1 Å². The Morgan fingerprint density at radius 2 is 1.65 bits per heavy atom. The molecule has 3 aromatic carbocycles. The fourth-order valence-electron chi connectivity index (χ4n) is 3.60. The van der Waals surface area contributed by atoms with Crippen LogP contribution in [0.15, 0.2) is 91.0 Å². The summed E-state index contributed by atoms with van der Waals surface area (Å²) in [6.07, 6.45) is 0. The van der Waals surface area contributed by atoms with Gasteiger partial charge in [-0.25, -0.2) is 4.79 Å². The molecule has 1 amide bonds. The van der Waals surface area contributed by atoms with Crippen LogP contribution in [0.1, 0.15) is 11.1 Å². The Balaban J connectivity index is 1.65. The van der Waals surface area contributed by atoms with Crippen molar-refractivity contribution in [2.24, 2.45) is 0 Å². The third-order valence-electron chi connectivity index (χ3n) is 5.27. The molecule has 0 saturated carbocycles. The molecule has 0 spiro atoms. The number of esters is 1. The zero-order chi connectivity index (χ0) is 22.0. The molecule has 1 N–H and O–H groups in total. The van der Waals surface area contributed by atoms with Gasteiger partial charge in [0.2, 0.25) is 5.60 Å². The van der Waals surface area contributed by atoms with Gasteiger partial charge in [0.25, 0.3) is 5.91 Å². The lowest BCUT2D eigenvalue weighted by molar-refractivity contribution is -0.147. The molecule has 0 unspecified atom stereocenters. The number of carbonyl (C=O) groups excluding carboxylic acids is 2. The quantitative estimate of drug-likeness (QED) is 0.489. The van der Waals surface area contributed by atoms with Crippen molar-refractivity contribution in [3.63, 3.8) is 0 Å². The van der Waals surface area contributed by atoms with Crippen LogP contribution in [-0.4, -0.2) is 24.1 Å². The number of nitrogens with zero attached hydrogens (tertiary/aromatic N) is 1. The lowest BCUT2D eigenvalue weighted by Crippen LogP contribution is -2.42. The average Bonchev–Trinajstić information content (AvgIpc) is 3.05. The number of methoxy groups -OCH3 is 1. The first kappa shape index (κ1) is 20.4. The zero-order valence-corrected chi connectivity index (χ0v) is 16.9. The van der Waals surface area contributed by atoms with Crippen LogP contribution in [-0.2, 0) is 26.5 Å². The maximum Gasteiger partial charge on any atom is 0.337 e. The van der Waals surface area contributed by atoms with Crippen LogP contribution < -0.4 is 9.64 Å². The highest BCUT2D eigenvalue weighted by atomic mass is 16.5. The smallest absolute Gasteiger partial charge is 0.337 e. The number of anilines is 2. The van der Waals surface area contributed by atoms with E-state index in [1.54, 1.807) is 55.6 Å². The Morgan fingerprint density at radius 1 is 1.00 bits per heavy atom. The second-order valence-electron chi connectivity index (χ2n) is 7.11. The van der Waals surface area contributed by atoms with Crippen molar-refractivity contribution in [2.75, 3.05) is 12.0 Å². The molecule has 156 valence electrons. The van der Waals surface area contributed by atoms with Gasteiger partial charge in [0, 0.05) is 11.3 Å². The number of aliphatic hydroxyl groups is 1. The molecule has 0 saturated heterocycles. The molecule has 3 aromatic rings. The number of amides is 1. The van der Waals surface area contributed by atoms with E-state index in [0.29, 0.717) is 17.1 Å². The van der Waals surface area contributed by atoms with E-state index in [9.17, 15) is 14.7 Å². The Hall–Kier alpha value is -3.90. The monoisotopic (exact) mass is 415 g/mol. The summed E-state index contributed by atoms with van der Waals surface area (Å²) >= 11 is 0. The van der Waals surface area contributed by atoms with E-state index in [2.05, 4.69) is 6.58 Å². The minimum atomic E-state index is -2.23. The predicted molar refractivity (Wildman–Crippen MR) is 116 cm³/mol. The highest BCUT2D eigenvalue weighted by Crippen LogP contribution is 2.47. The van der Waals surface area contributed by atoms with Crippen LogP contribution in [0, 0.1) is 0 Å². The van der Waals surface area contributed by atoms with Crippen LogP contribution in [0.3, 0.4) is 0 Å². The van der Waals surface area contributed by atoms with Gasteiger partial charge in [-0.1, -0.05) is 55.1 Å². The van der Waals surface area contributed by atoms with Gasteiger partial charge in [-0.05, 0) is 35.9 Å². The lowest BCUT2D eigenvalue weighted by atomic mass is 9.88. The SMILES string of the molecule is C=C(C(=O)OCc1ccccc1)[C@@]1(O)C(=O)N(c2ccc(OC)cc2)c2ccccc21. The number of fused-ring (bicyclic) bond motifs is 1. The summed E-state index contributed by atoms with van der Waals surface area (Å²) in [7, 11) is 1.55. The van der Waals surface area contributed by atoms with E-state index >= 15 is 0 Å². The summed E-state index contributed by atoms with van der Waals surface area (Å²) in [5.74, 6) is -0.903. The minimum Gasteiger partial charge on any atom is -0.497 e. The number of rotatable bonds is 6. The predicted octanol–water partition coefficient (Wildman–Crippen LogP) is 3.86. The minimum absolute atomic E-state index is 0.00675. The van der Waals surface area contributed by atoms with E-state index in [1.807, 2.05) is 30.3 Å². The fraction of sp³-hybridized carbons (Fsp3) is 0.120. The zero-order valence-electron chi connectivity index (χ0n) is 16.9. The molecular weight excluding hydrogens is 394 g/mol. The van der Waals surface area contributed by atoms with Gasteiger partial charge >= 0.3 is 5.97 Å². The summed E-state index contributed by atoms with van der Waals surface area (Å²) < 4.78 is 10.5. The largest absolute Gasteiger partial charge is 0.497 e. The molecular formula is C25H21NO5. The highest BCUT2D eigenvalue weighted by molar-refractivity contribution is 6.17. The molecule has 0 aromatic heterocycles. The molecule has 6 heteroatoms. The van der Waals surface area contributed by atoms with Gasteiger partial charge in [-0.15, -0.1) is 0 Å². The van der Waals surface area contributed by atoms with Crippen LogP contribution in [0.25, 0.3) is 0 Å². The van der Waals surface area contributed by atoms with E-state index in [1.165, 1.54) is 4.90 Å². The maximum absolute atomic E-state index is 13.4. The number of hydrogen-bond acceptors (Lipinski definition) is 5. The first-order valence-electron chi connectivity index (χ1n) is 9.67. The van der Waals surface area contributed by atoms with Gasteiger partial charge in [0.15, 0.2) is 0 Å². The molecule has 1 heterocycles. The Labute approximate surface area is 180 Å². The third-order valence-corrected chi connectivity index (χ3v) is 5.27. The first-order valence-corrected chi connectivity index (χ1v) is 9.67. The summed E-state index contributed by atoms with van der Waals surface area (Å²) in [6.45, 7) is 3.74. The number of ether oxygens (including phenoxy) is 2. The van der Waals surface area contributed by atoms with Gasteiger partial charge in [-0.3, -0.25) is 9.69 Å². The molecule has 1 aliphatic rings.